The van der Waals surface area contributed by atoms with Gasteiger partial charge in [0.1, 0.15) is 17.4 Å². The molecule has 13 heteroatoms. The minimum Gasteiger partial charge on any atom is -0.476 e. The van der Waals surface area contributed by atoms with E-state index in [1.807, 2.05) is 36.4 Å². The number of fused-ring (bicyclic) bond motifs is 1. The van der Waals surface area contributed by atoms with Crippen molar-refractivity contribution in [3.8, 4) is 5.69 Å². The summed E-state index contributed by atoms with van der Waals surface area (Å²) in [6.45, 7) is 3.77. The highest BCUT2D eigenvalue weighted by atomic mass is 16.4. The Balaban J connectivity index is 1.20. The number of carbonyl (C=O) groups excluding carboxylic acids is 2. The van der Waals surface area contributed by atoms with Gasteiger partial charge >= 0.3 is 11.9 Å². The van der Waals surface area contributed by atoms with Crippen LogP contribution in [0.4, 0.5) is 0 Å². The number of hydrogen-bond acceptors (Lipinski definition) is 7. The molecule has 1 saturated heterocycles. The summed E-state index contributed by atoms with van der Waals surface area (Å²) >= 11 is 0. The molecule has 3 heterocycles. The molecule has 1 unspecified atom stereocenters. The van der Waals surface area contributed by atoms with Gasteiger partial charge in [-0.25, -0.2) is 14.3 Å². The monoisotopic (exact) mass is 621 g/mol. The number of aromatic carboxylic acids is 2. The maximum atomic E-state index is 13.6. The molecule has 234 valence electrons. The van der Waals surface area contributed by atoms with E-state index in [1.165, 1.54) is 0 Å². The van der Waals surface area contributed by atoms with Crippen molar-refractivity contribution in [1.82, 2.24) is 35.1 Å². The van der Waals surface area contributed by atoms with Crippen molar-refractivity contribution in [2.45, 2.75) is 19.0 Å². The SMILES string of the molecule is CC(NC(=O)c1[nH]c2ccccc2c1-n1nnc(C(=O)O)c1C(=O)O)C(=O)N1CCN(C(c2ccccc2)c2ccccc2)CC1. The lowest BCUT2D eigenvalue weighted by molar-refractivity contribution is -0.134. The van der Waals surface area contributed by atoms with Crippen molar-refractivity contribution >= 4 is 34.7 Å². The predicted molar refractivity (Wildman–Crippen MR) is 167 cm³/mol. The van der Waals surface area contributed by atoms with Gasteiger partial charge in [0.05, 0.1) is 6.04 Å². The molecule has 5 aromatic rings. The highest BCUT2D eigenvalue weighted by Crippen LogP contribution is 2.30. The van der Waals surface area contributed by atoms with E-state index in [0.717, 1.165) is 15.8 Å². The summed E-state index contributed by atoms with van der Waals surface area (Å²) in [6, 6.07) is 26.3. The minimum atomic E-state index is -1.58. The van der Waals surface area contributed by atoms with E-state index in [9.17, 15) is 29.4 Å². The summed E-state index contributed by atoms with van der Waals surface area (Å²) in [6.07, 6.45) is 0. The predicted octanol–water partition coefficient (Wildman–Crippen LogP) is 3.20. The standard InChI is InChI=1S/C33H31N7O6/c1-20(31(42)39-18-16-38(17-19-39)27(21-10-4-2-5-11-21)22-12-6-3-7-13-22)34-30(41)25-28(23-14-8-9-15-24(23)35-25)40-29(33(45)46)26(32(43)44)36-37-40/h2-15,20,27,35H,16-19H2,1H3,(H,34,41)(H,43,44)(H,45,46). The molecule has 0 aliphatic carbocycles. The van der Waals surface area contributed by atoms with Crippen LogP contribution in [0.15, 0.2) is 84.9 Å². The fourth-order valence-electron chi connectivity index (χ4n) is 5.98. The second kappa shape index (κ2) is 12.7. The van der Waals surface area contributed by atoms with E-state index in [4.69, 9.17) is 0 Å². The first kappa shape index (κ1) is 30.2. The molecule has 0 spiro atoms. The molecule has 46 heavy (non-hydrogen) atoms. The zero-order chi connectivity index (χ0) is 32.4. The maximum absolute atomic E-state index is 13.6. The molecule has 6 rings (SSSR count). The number of carbonyl (C=O) groups is 4. The number of aromatic amines is 1. The van der Waals surface area contributed by atoms with Gasteiger partial charge in [0.2, 0.25) is 11.6 Å². The maximum Gasteiger partial charge on any atom is 0.359 e. The summed E-state index contributed by atoms with van der Waals surface area (Å²) in [4.78, 5) is 57.9. The van der Waals surface area contributed by atoms with Gasteiger partial charge in [-0.3, -0.25) is 14.5 Å². The van der Waals surface area contributed by atoms with Crippen LogP contribution in [-0.4, -0.2) is 96.0 Å². The molecule has 1 fully saturated rings. The number of rotatable bonds is 9. The highest BCUT2D eigenvalue weighted by molar-refractivity contribution is 6.07. The number of aromatic nitrogens is 4. The number of hydrogen-bond donors (Lipinski definition) is 4. The number of H-pyrrole nitrogens is 1. The molecule has 1 atom stereocenters. The zero-order valence-corrected chi connectivity index (χ0v) is 24.8. The van der Waals surface area contributed by atoms with E-state index < -0.39 is 35.3 Å². The number of piperazine rings is 1. The lowest BCUT2D eigenvalue weighted by Gasteiger charge is -2.40. The molecule has 2 aromatic heterocycles. The molecular formula is C33H31N7O6. The average Bonchev–Trinajstić information content (AvgIpc) is 3.68. The van der Waals surface area contributed by atoms with Crippen LogP contribution in [0.3, 0.4) is 0 Å². The molecule has 13 nitrogen and oxygen atoms in total. The number of amides is 2. The van der Waals surface area contributed by atoms with Crippen LogP contribution in [0, 0.1) is 0 Å². The quantitative estimate of drug-likeness (QED) is 0.193. The fourth-order valence-corrected chi connectivity index (χ4v) is 5.98. The van der Waals surface area contributed by atoms with Gasteiger partial charge in [-0.2, -0.15) is 0 Å². The molecule has 0 bridgehead atoms. The lowest BCUT2D eigenvalue weighted by Crippen LogP contribution is -2.54. The Morgan fingerprint density at radius 3 is 1.98 bits per heavy atom. The summed E-state index contributed by atoms with van der Waals surface area (Å²) in [7, 11) is 0. The Bertz CT molecular complexity index is 1870. The number of nitrogens with zero attached hydrogens (tertiary/aromatic N) is 5. The van der Waals surface area contributed by atoms with Gasteiger partial charge in [-0.1, -0.05) is 84.1 Å². The molecule has 0 saturated carbocycles. The first-order chi connectivity index (χ1) is 22.2. The van der Waals surface area contributed by atoms with E-state index in [-0.39, 0.29) is 23.3 Å². The van der Waals surface area contributed by atoms with Gasteiger partial charge < -0.3 is 25.4 Å². The normalized spacial score (nSPS) is 14.3. The van der Waals surface area contributed by atoms with Gasteiger partial charge in [0.15, 0.2) is 5.69 Å². The topological polar surface area (TPSA) is 174 Å². The van der Waals surface area contributed by atoms with Crippen LogP contribution in [-0.2, 0) is 4.79 Å². The van der Waals surface area contributed by atoms with Crippen LogP contribution in [0.2, 0.25) is 0 Å². The molecule has 1 aliphatic rings. The molecule has 0 radical (unpaired) electrons. The van der Waals surface area contributed by atoms with Gasteiger partial charge in [-0.05, 0) is 24.1 Å². The third kappa shape index (κ3) is 5.71. The lowest BCUT2D eigenvalue weighted by atomic mass is 9.96. The smallest absolute Gasteiger partial charge is 0.359 e. The van der Waals surface area contributed by atoms with Crippen LogP contribution in [0.1, 0.15) is 55.6 Å². The molecular weight excluding hydrogens is 590 g/mol. The Labute approximate surface area is 263 Å². The molecule has 3 aromatic carbocycles. The third-order valence-corrected chi connectivity index (χ3v) is 8.13. The Hall–Kier alpha value is -5.82. The molecule has 1 aliphatic heterocycles. The summed E-state index contributed by atoms with van der Waals surface area (Å²) < 4.78 is 0.821. The van der Waals surface area contributed by atoms with Crippen molar-refractivity contribution in [3.05, 3.63) is 113 Å². The van der Waals surface area contributed by atoms with Crippen molar-refractivity contribution < 1.29 is 29.4 Å². The van der Waals surface area contributed by atoms with E-state index >= 15 is 0 Å². The average molecular weight is 622 g/mol. The van der Waals surface area contributed by atoms with E-state index in [0.29, 0.717) is 37.1 Å². The van der Waals surface area contributed by atoms with Crippen molar-refractivity contribution in [2.75, 3.05) is 26.2 Å². The number of carboxylic acids is 2. The Kier molecular flexibility index (Phi) is 8.31. The number of carboxylic acid groups (broad SMARTS) is 2. The zero-order valence-electron chi connectivity index (χ0n) is 24.8. The second-order valence-corrected chi connectivity index (χ2v) is 11.0. The molecule has 4 N–H and O–H groups in total. The minimum absolute atomic E-state index is 0.00614. The van der Waals surface area contributed by atoms with Crippen LogP contribution >= 0.6 is 0 Å². The van der Waals surface area contributed by atoms with Crippen LogP contribution in [0.5, 0.6) is 0 Å². The molecule has 2 amide bonds. The van der Waals surface area contributed by atoms with E-state index in [2.05, 4.69) is 49.8 Å². The van der Waals surface area contributed by atoms with Crippen molar-refractivity contribution in [2.24, 2.45) is 0 Å². The van der Waals surface area contributed by atoms with E-state index in [1.54, 1.807) is 36.1 Å². The number of para-hydroxylation sites is 1. The fraction of sp³-hybridized carbons (Fsp3) is 0.212. The van der Waals surface area contributed by atoms with Gasteiger partial charge in [0, 0.05) is 37.1 Å². The number of nitrogens with one attached hydrogen (secondary N) is 2. The number of benzene rings is 3. The first-order valence-electron chi connectivity index (χ1n) is 14.7. The van der Waals surface area contributed by atoms with Gasteiger partial charge in [0.25, 0.3) is 5.91 Å². The summed E-state index contributed by atoms with van der Waals surface area (Å²) in [5.74, 6) is -4.11. The van der Waals surface area contributed by atoms with Crippen LogP contribution < -0.4 is 5.32 Å². The first-order valence-corrected chi connectivity index (χ1v) is 14.7. The van der Waals surface area contributed by atoms with Crippen LogP contribution in [0.25, 0.3) is 16.6 Å². The van der Waals surface area contributed by atoms with Crippen molar-refractivity contribution in [3.63, 3.8) is 0 Å². The summed E-state index contributed by atoms with van der Waals surface area (Å²) in [5, 5.41) is 29.7. The Morgan fingerprint density at radius 1 is 0.804 bits per heavy atom. The third-order valence-electron chi connectivity index (χ3n) is 8.13. The van der Waals surface area contributed by atoms with Crippen molar-refractivity contribution in [1.29, 1.82) is 0 Å². The Morgan fingerprint density at radius 2 is 1.39 bits per heavy atom. The van der Waals surface area contributed by atoms with Gasteiger partial charge in [-0.15, -0.1) is 5.10 Å². The highest BCUT2D eigenvalue weighted by Gasteiger charge is 2.33. The summed E-state index contributed by atoms with van der Waals surface area (Å²) in [5.41, 5.74) is 1.24. The second-order valence-electron chi connectivity index (χ2n) is 11.0. The largest absolute Gasteiger partial charge is 0.476 e.